The van der Waals surface area contributed by atoms with Crippen molar-refractivity contribution in [3.63, 3.8) is 0 Å². The van der Waals surface area contributed by atoms with Gasteiger partial charge in [0.15, 0.2) is 11.5 Å². The highest BCUT2D eigenvalue weighted by Crippen LogP contribution is 2.40. The van der Waals surface area contributed by atoms with Crippen molar-refractivity contribution in [3.05, 3.63) is 40.4 Å². The zero-order valence-electron chi connectivity index (χ0n) is 12.7. The van der Waals surface area contributed by atoms with Crippen molar-refractivity contribution >= 4 is 38.9 Å². The number of methoxy groups -OCH3 is 1. The van der Waals surface area contributed by atoms with Crippen LogP contribution in [0.15, 0.2) is 35.2 Å². The Labute approximate surface area is 149 Å². The molecule has 0 unspecified atom stereocenters. The first-order valence-electron chi connectivity index (χ1n) is 6.77. The van der Waals surface area contributed by atoms with E-state index in [1.807, 2.05) is 0 Å². The van der Waals surface area contributed by atoms with Gasteiger partial charge in [-0.05, 0) is 24.3 Å². The minimum atomic E-state index is -3.92. The van der Waals surface area contributed by atoms with Gasteiger partial charge in [0, 0.05) is 13.1 Å². The SMILES string of the molecule is COc1ccc(S(=O)(=O)N(C)c2ccc3c(c2)OCO3)c(Cl)c1Cl. The predicted octanol–water partition coefficient (Wildman–Crippen LogP) is 3.56. The quantitative estimate of drug-likeness (QED) is 0.799. The molecular weight excluding hydrogens is 377 g/mol. The van der Waals surface area contributed by atoms with Crippen LogP contribution in [-0.2, 0) is 10.0 Å². The van der Waals surface area contributed by atoms with Crippen LogP contribution in [-0.4, -0.2) is 29.4 Å². The molecule has 1 aliphatic heterocycles. The largest absolute Gasteiger partial charge is 0.495 e. The third-order valence-corrected chi connectivity index (χ3v) is 6.39. The number of rotatable bonds is 4. The average Bonchev–Trinajstić information content (AvgIpc) is 3.03. The summed E-state index contributed by atoms with van der Waals surface area (Å²) in [6.45, 7) is 0.106. The summed E-state index contributed by atoms with van der Waals surface area (Å²) >= 11 is 12.2. The zero-order valence-corrected chi connectivity index (χ0v) is 15.1. The summed E-state index contributed by atoms with van der Waals surface area (Å²) in [5, 5.41) is -0.0528. The Balaban J connectivity index is 2.03. The minimum absolute atomic E-state index is 0.0410. The fourth-order valence-electron chi connectivity index (χ4n) is 2.24. The van der Waals surface area contributed by atoms with Crippen LogP contribution in [0.3, 0.4) is 0 Å². The number of hydrogen-bond donors (Lipinski definition) is 0. The van der Waals surface area contributed by atoms with E-state index in [1.54, 1.807) is 18.2 Å². The first kappa shape index (κ1) is 17.0. The molecule has 0 spiro atoms. The third kappa shape index (κ3) is 2.72. The second-order valence-electron chi connectivity index (χ2n) is 4.90. The molecule has 0 aromatic heterocycles. The Morgan fingerprint density at radius 3 is 2.50 bits per heavy atom. The lowest BCUT2D eigenvalue weighted by molar-refractivity contribution is 0.174. The molecule has 6 nitrogen and oxygen atoms in total. The standard InChI is InChI=1S/C15H13Cl2NO5S/c1-18(9-3-4-10-12(7-9)23-8-22-10)24(19,20)13-6-5-11(21-2)14(16)15(13)17/h3-7H,8H2,1-2H3. The number of nitrogens with zero attached hydrogens (tertiary/aromatic N) is 1. The summed E-state index contributed by atoms with van der Waals surface area (Å²) in [4.78, 5) is -0.116. The summed E-state index contributed by atoms with van der Waals surface area (Å²) in [7, 11) is -1.08. The Morgan fingerprint density at radius 2 is 1.79 bits per heavy atom. The maximum absolute atomic E-state index is 12.9. The van der Waals surface area contributed by atoms with Gasteiger partial charge in [-0.15, -0.1) is 0 Å². The molecular formula is C15H13Cl2NO5S. The Kier molecular flexibility index (Phi) is 4.42. The van der Waals surface area contributed by atoms with E-state index in [4.69, 9.17) is 37.4 Å². The Hall–Kier alpha value is -1.83. The number of fused-ring (bicyclic) bond motifs is 1. The molecule has 0 bridgehead atoms. The topological polar surface area (TPSA) is 65.1 Å². The molecule has 9 heteroatoms. The predicted molar refractivity (Wildman–Crippen MR) is 91.2 cm³/mol. The number of hydrogen-bond acceptors (Lipinski definition) is 5. The van der Waals surface area contributed by atoms with Gasteiger partial charge in [-0.2, -0.15) is 0 Å². The van der Waals surface area contributed by atoms with Crippen molar-refractivity contribution in [1.82, 2.24) is 0 Å². The number of benzene rings is 2. The van der Waals surface area contributed by atoms with Gasteiger partial charge in [-0.3, -0.25) is 4.31 Å². The molecule has 0 saturated carbocycles. The normalized spacial score (nSPS) is 13.0. The molecule has 128 valence electrons. The summed E-state index contributed by atoms with van der Waals surface area (Å²) in [6, 6.07) is 7.65. The fourth-order valence-corrected chi connectivity index (χ4v) is 4.24. The maximum Gasteiger partial charge on any atom is 0.265 e. The van der Waals surface area contributed by atoms with Crippen LogP contribution in [0.5, 0.6) is 17.2 Å². The molecule has 0 N–H and O–H groups in total. The lowest BCUT2D eigenvalue weighted by Gasteiger charge is -2.21. The smallest absolute Gasteiger partial charge is 0.265 e. The molecule has 0 aliphatic carbocycles. The Morgan fingerprint density at radius 1 is 1.08 bits per heavy atom. The summed E-state index contributed by atoms with van der Waals surface area (Å²) in [6.07, 6.45) is 0. The van der Waals surface area contributed by atoms with Gasteiger partial charge in [-0.1, -0.05) is 23.2 Å². The second-order valence-corrected chi connectivity index (χ2v) is 7.60. The van der Waals surface area contributed by atoms with Gasteiger partial charge in [0.2, 0.25) is 6.79 Å². The van der Waals surface area contributed by atoms with E-state index >= 15 is 0 Å². The van der Waals surface area contributed by atoms with E-state index in [0.29, 0.717) is 22.9 Å². The summed E-state index contributed by atoms with van der Waals surface area (Å²) in [5.41, 5.74) is 0.405. The van der Waals surface area contributed by atoms with Crippen LogP contribution < -0.4 is 18.5 Å². The first-order chi connectivity index (χ1) is 11.4. The molecule has 2 aromatic rings. The molecule has 0 atom stereocenters. The van der Waals surface area contributed by atoms with Crippen molar-refractivity contribution in [2.75, 3.05) is 25.3 Å². The van der Waals surface area contributed by atoms with Crippen molar-refractivity contribution in [1.29, 1.82) is 0 Å². The molecule has 3 rings (SSSR count). The van der Waals surface area contributed by atoms with Crippen LogP contribution in [0.2, 0.25) is 10.0 Å². The van der Waals surface area contributed by atoms with Crippen molar-refractivity contribution in [3.8, 4) is 17.2 Å². The van der Waals surface area contributed by atoms with Crippen LogP contribution in [0.25, 0.3) is 0 Å². The maximum atomic E-state index is 12.9. The molecule has 24 heavy (non-hydrogen) atoms. The number of sulfonamides is 1. The van der Waals surface area contributed by atoms with Crippen LogP contribution >= 0.6 is 23.2 Å². The van der Waals surface area contributed by atoms with Gasteiger partial charge >= 0.3 is 0 Å². The third-order valence-electron chi connectivity index (χ3n) is 3.59. The van der Waals surface area contributed by atoms with E-state index in [1.165, 1.54) is 26.3 Å². The minimum Gasteiger partial charge on any atom is -0.495 e. The molecule has 0 saturated heterocycles. The summed E-state index contributed by atoms with van der Waals surface area (Å²) in [5.74, 6) is 1.34. The van der Waals surface area contributed by atoms with E-state index in [2.05, 4.69) is 0 Å². The highest BCUT2D eigenvalue weighted by Gasteiger charge is 2.27. The fraction of sp³-hybridized carbons (Fsp3) is 0.200. The molecule has 0 fully saturated rings. The molecule has 0 amide bonds. The van der Waals surface area contributed by atoms with Crippen LogP contribution in [0.4, 0.5) is 5.69 Å². The highest BCUT2D eigenvalue weighted by molar-refractivity contribution is 7.93. The van der Waals surface area contributed by atoms with Crippen molar-refractivity contribution in [2.24, 2.45) is 0 Å². The molecule has 2 aromatic carbocycles. The van der Waals surface area contributed by atoms with Crippen molar-refractivity contribution < 1.29 is 22.6 Å². The lowest BCUT2D eigenvalue weighted by atomic mass is 10.3. The van der Waals surface area contributed by atoms with Gasteiger partial charge in [0.05, 0.1) is 17.8 Å². The Bertz CT molecular complexity index is 901. The van der Waals surface area contributed by atoms with E-state index < -0.39 is 10.0 Å². The molecule has 1 heterocycles. The molecule has 0 radical (unpaired) electrons. The molecule has 1 aliphatic rings. The van der Waals surface area contributed by atoms with Gasteiger partial charge < -0.3 is 14.2 Å². The first-order valence-corrected chi connectivity index (χ1v) is 8.96. The van der Waals surface area contributed by atoms with Gasteiger partial charge in [0.1, 0.15) is 15.7 Å². The van der Waals surface area contributed by atoms with Crippen molar-refractivity contribution in [2.45, 2.75) is 4.90 Å². The zero-order chi connectivity index (χ0) is 17.5. The highest BCUT2D eigenvalue weighted by atomic mass is 35.5. The van der Waals surface area contributed by atoms with E-state index in [0.717, 1.165) is 4.31 Å². The number of anilines is 1. The van der Waals surface area contributed by atoms with Crippen LogP contribution in [0, 0.1) is 0 Å². The summed E-state index contributed by atoms with van der Waals surface area (Å²) < 4.78 is 42.4. The van der Waals surface area contributed by atoms with Crippen LogP contribution in [0.1, 0.15) is 0 Å². The van der Waals surface area contributed by atoms with E-state index in [-0.39, 0.29) is 21.7 Å². The average molecular weight is 390 g/mol. The van der Waals surface area contributed by atoms with E-state index in [9.17, 15) is 8.42 Å². The lowest BCUT2D eigenvalue weighted by Crippen LogP contribution is -2.26. The second kappa shape index (κ2) is 6.23. The van der Waals surface area contributed by atoms with Gasteiger partial charge in [0.25, 0.3) is 10.0 Å². The number of ether oxygens (including phenoxy) is 3. The number of halogens is 2. The van der Waals surface area contributed by atoms with Gasteiger partial charge in [-0.25, -0.2) is 8.42 Å². The monoisotopic (exact) mass is 389 g/mol.